The van der Waals surface area contributed by atoms with Crippen molar-refractivity contribution in [2.75, 3.05) is 7.11 Å². The molecule has 3 N–H and O–H groups in total. The zero-order chi connectivity index (χ0) is 15.8. The van der Waals surface area contributed by atoms with Crippen molar-refractivity contribution >= 4 is 29.7 Å². The Morgan fingerprint density at radius 1 is 1.29 bits per heavy atom. The van der Waals surface area contributed by atoms with Crippen molar-refractivity contribution in [1.82, 2.24) is 16.0 Å². The van der Waals surface area contributed by atoms with Gasteiger partial charge in [-0.3, -0.25) is 5.32 Å². The number of nitrogens with zero attached hydrogens (tertiary/aromatic N) is 1. The van der Waals surface area contributed by atoms with E-state index in [1.54, 1.807) is 0 Å². The standard InChI is InChI=1S/C13H23ClN4O3/c1-8(2)15-11(19)17-13(21-3)18-12(20)16-10-7-5-4-6-9(10)14/h8-10H,4-7H2,1-3H3,(H3,15,16,17,18,19,20). The Kier molecular flexibility index (Phi) is 7.28. The van der Waals surface area contributed by atoms with Crippen molar-refractivity contribution in [3.8, 4) is 0 Å². The van der Waals surface area contributed by atoms with Crippen LogP contribution in [0.4, 0.5) is 9.59 Å². The van der Waals surface area contributed by atoms with Crippen LogP contribution in [0, 0.1) is 0 Å². The highest BCUT2D eigenvalue weighted by molar-refractivity contribution is 6.21. The zero-order valence-corrected chi connectivity index (χ0v) is 13.4. The Morgan fingerprint density at radius 2 is 1.95 bits per heavy atom. The molecule has 1 aliphatic carbocycles. The van der Waals surface area contributed by atoms with Crippen molar-refractivity contribution in [3.63, 3.8) is 0 Å². The second-order valence-corrected chi connectivity index (χ2v) is 5.79. The Hall–Kier alpha value is -1.50. The molecule has 1 saturated carbocycles. The van der Waals surface area contributed by atoms with Gasteiger partial charge in [0, 0.05) is 12.1 Å². The van der Waals surface area contributed by atoms with Gasteiger partial charge in [-0.1, -0.05) is 12.8 Å². The second-order valence-electron chi connectivity index (χ2n) is 5.23. The number of carbonyl (C=O) groups excluding carboxylic acids is 2. The van der Waals surface area contributed by atoms with Crippen molar-refractivity contribution in [2.24, 2.45) is 4.99 Å². The molecule has 1 rings (SSSR count). The van der Waals surface area contributed by atoms with Crippen LogP contribution in [0.2, 0.25) is 0 Å². The number of carbonyl (C=O) groups is 2. The van der Waals surface area contributed by atoms with E-state index in [0.29, 0.717) is 0 Å². The van der Waals surface area contributed by atoms with Crippen LogP contribution >= 0.6 is 11.6 Å². The maximum absolute atomic E-state index is 11.8. The predicted molar refractivity (Wildman–Crippen MR) is 81.7 cm³/mol. The van der Waals surface area contributed by atoms with Crippen LogP contribution in [0.1, 0.15) is 39.5 Å². The number of alkyl halides is 1. The van der Waals surface area contributed by atoms with Crippen LogP contribution in [-0.2, 0) is 4.74 Å². The third-order valence-corrected chi connectivity index (χ3v) is 3.55. The summed E-state index contributed by atoms with van der Waals surface area (Å²) in [7, 11) is 1.33. The first-order valence-corrected chi connectivity index (χ1v) is 7.50. The van der Waals surface area contributed by atoms with Crippen LogP contribution < -0.4 is 16.0 Å². The molecule has 2 atom stereocenters. The number of aliphatic imine (C=N–C) groups is 1. The van der Waals surface area contributed by atoms with Crippen molar-refractivity contribution < 1.29 is 14.3 Å². The molecule has 0 radical (unpaired) electrons. The van der Waals surface area contributed by atoms with E-state index < -0.39 is 12.1 Å². The Balaban J connectivity index is 2.52. The lowest BCUT2D eigenvalue weighted by Gasteiger charge is -2.26. The fraction of sp³-hybridized carbons (Fsp3) is 0.769. The highest BCUT2D eigenvalue weighted by Gasteiger charge is 2.24. The Bertz CT molecular complexity index is 401. The fourth-order valence-corrected chi connectivity index (χ4v) is 2.39. The maximum atomic E-state index is 11.8. The molecule has 0 bridgehead atoms. The van der Waals surface area contributed by atoms with Crippen LogP contribution in [0.25, 0.3) is 0 Å². The number of nitrogens with one attached hydrogen (secondary N) is 3. The van der Waals surface area contributed by atoms with E-state index in [2.05, 4.69) is 20.9 Å². The topological polar surface area (TPSA) is 91.8 Å². The molecule has 1 fully saturated rings. The van der Waals surface area contributed by atoms with Gasteiger partial charge >= 0.3 is 18.1 Å². The maximum Gasteiger partial charge on any atom is 0.345 e. The molecule has 1 aliphatic rings. The number of hydrogen-bond acceptors (Lipinski definition) is 3. The normalized spacial score (nSPS) is 22.6. The van der Waals surface area contributed by atoms with E-state index in [1.807, 2.05) is 13.8 Å². The summed E-state index contributed by atoms with van der Waals surface area (Å²) in [5.41, 5.74) is 0. The van der Waals surface area contributed by atoms with E-state index in [9.17, 15) is 9.59 Å². The minimum Gasteiger partial charge on any atom is -0.468 e. The summed E-state index contributed by atoms with van der Waals surface area (Å²) < 4.78 is 4.87. The summed E-state index contributed by atoms with van der Waals surface area (Å²) in [6.07, 6.45) is 3.81. The molecule has 0 heterocycles. The number of urea groups is 2. The lowest BCUT2D eigenvalue weighted by molar-refractivity contribution is 0.237. The van der Waals surface area contributed by atoms with Gasteiger partial charge in [0.2, 0.25) is 0 Å². The first-order chi connectivity index (χ1) is 9.92. The lowest BCUT2D eigenvalue weighted by Crippen LogP contribution is -2.45. The molecule has 0 aliphatic heterocycles. The van der Waals surface area contributed by atoms with Gasteiger partial charge in [0.15, 0.2) is 0 Å². The van der Waals surface area contributed by atoms with Gasteiger partial charge in [-0.05, 0) is 26.7 Å². The molecular weight excluding hydrogens is 296 g/mol. The Labute approximate surface area is 129 Å². The first-order valence-electron chi connectivity index (χ1n) is 7.07. The van der Waals surface area contributed by atoms with Gasteiger partial charge in [0.25, 0.3) is 0 Å². The number of amides is 4. The molecule has 4 amide bonds. The lowest BCUT2D eigenvalue weighted by atomic mass is 9.95. The van der Waals surface area contributed by atoms with Gasteiger partial charge in [-0.25, -0.2) is 9.59 Å². The fourth-order valence-electron chi connectivity index (χ4n) is 2.05. The summed E-state index contributed by atoms with van der Waals surface area (Å²) in [5, 5.41) is 7.62. The number of amidine groups is 1. The number of halogens is 1. The van der Waals surface area contributed by atoms with Crippen molar-refractivity contribution in [2.45, 2.75) is 57.0 Å². The molecule has 0 spiro atoms. The molecule has 21 heavy (non-hydrogen) atoms. The molecule has 0 saturated heterocycles. The van der Waals surface area contributed by atoms with Crippen molar-refractivity contribution in [1.29, 1.82) is 0 Å². The van der Waals surface area contributed by atoms with Crippen molar-refractivity contribution in [3.05, 3.63) is 0 Å². The Morgan fingerprint density at radius 3 is 2.52 bits per heavy atom. The predicted octanol–water partition coefficient (Wildman–Crippen LogP) is 1.96. The molecule has 8 heteroatoms. The van der Waals surface area contributed by atoms with E-state index in [-0.39, 0.29) is 23.5 Å². The number of ether oxygens (including phenoxy) is 1. The van der Waals surface area contributed by atoms with Gasteiger partial charge in [0.05, 0.1) is 12.5 Å². The second kappa shape index (κ2) is 8.71. The van der Waals surface area contributed by atoms with Gasteiger partial charge in [0.1, 0.15) is 0 Å². The summed E-state index contributed by atoms with van der Waals surface area (Å²) in [6.45, 7) is 3.64. The monoisotopic (exact) mass is 318 g/mol. The smallest absolute Gasteiger partial charge is 0.345 e. The summed E-state index contributed by atoms with van der Waals surface area (Å²) >= 11 is 6.16. The quantitative estimate of drug-likeness (QED) is 0.413. The highest BCUT2D eigenvalue weighted by Crippen LogP contribution is 2.22. The largest absolute Gasteiger partial charge is 0.468 e. The zero-order valence-electron chi connectivity index (χ0n) is 12.6. The summed E-state index contributed by atoms with van der Waals surface area (Å²) in [4.78, 5) is 27.0. The SMILES string of the molecule is COC(=NC(=O)NC1CCCCC1Cl)NC(=O)NC(C)C. The van der Waals surface area contributed by atoms with E-state index in [1.165, 1.54) is 7.11 Å². The molecule has 2 unspecified atom stereocenters. The summed E-state index contributed by atoms with van der Waals surface area (Å²) in [6, 6.07) is -1.34. The molecule has 0 aromatic carbocycles. The number of methoxy groups -OCH3 is 1. The van der Waals surface area contributed by atoms with E-state index in [0.717, 1.165) is 25.7 Å². The van der Waals surface area contributed by atoms with Crippen LogP contribution in [0.5, 0.6) is 0 Å². The average Bonchev–Trinajstić information content (AvgIpc) is 2.39. The average molecular weight is 319 g/mol. The molecule has 0 aromatic rings. The van der Waals surface area contributed by atoms with Crippen LogP contribution in [-0.4, -0.2) is 42.7 Å². The molecule has 120 valence electrons. The summed E-state index contributed by atoms with van der Waals surface area (Å²) in [5.74, 6) is 0. The first kappa shape index (κ1) is 17.6. The van der Waals surface area contributed by atoms with Gasteiger partial charge in [-0.15, -0.1) is 16.6 Å². The number of rotatable bonds is 2. The third-order valence-electron chi connectivity index (χ3n) is 3.03. The minimum atomic E-state index is -0.575. The third kappa shape index (κ3) is 6.66. The highest BCUT2D eigenvalue weighted by atomic mass is 35.5. The van der Waals surface area contributed by atoms with Gasteiger partial charge in [-0.2, -0.15) is 0 Å². The van der Waals surface area contributed by atoms with Gasteiger partial charge < -0.3 is 15.4 Å². The van der Waals surface area contributed by atoms with E-state index in [4.69, 9.17) is 16.3 Å². The van der Waals surface area contributed by atoms with Crippen LogP contribution in [0.15, 0.2) is 4.99 Å². The van der Waals surface area contributed by atoms with E-state index >= 15 is 0 Å². The van der Waals surface area contributed by atoms with Crippen LogP contribution in [0.3, 0.4) is 0 Å². The number of hydrogen-bond donors (Lipinski definition) is 3. The molecular formula is C13H23ClN4O3. The molecule has 0 aromatic heterocycles. The minimum absolute atomic E-state index is 0.0313. The molecule has 7 nitrogen and oxygen atoms in total.